The molecule has 8 heteroatoms. The zero-order chi connectivity index (χ0) is 24.3. The molecule has 36 heavy (non-hydrogen) atoms. The van der Waals surface area contributed by atoms with Crippen LogP contribution in [0.5, 0.6) is 0 Å². The van der Waals surface area contributed by atoms with E-state index in [0.29, 0.717) is 29.1 Å². The predicted octanol–water partition coefficient (Wildman–Crippen LogP) is 6.42. The Morgan fingerprint density at radius 3 is 2.53 bits per heavy atom. The quantitative estimate of drug-likeness (QED) is 0.284. The van der Waals surface area contributed by atoms with Crippen LogP contribution in [-0.4, -0.2) is 31.9 Å². The molecule has 5 aromatic rings. The lowest BCUT2D eigenvalue weighted by atomic mass is 10.1. The van der Waals surface area contributed by atoms with Gasteiger partial charge in [-0.25, -0.2) is 19.9 Å². The van der Waals surface area contributed by atoms with E-state index in [1.54, 1.807) is 12.3 Å². The van der Waals surface area contributed by atoms with Crippen LogP contribution in [0, 0.1) is 0 Å². The number of thiazole rings is 1. The molecule has 0 saturated heterocycles. The van der Waals surface area contributed by atoms with Gasteiger partial charge in [-0.2, -0.15) is 0 Å². The van der Waals surface area contributed by atoms with Crippen LogP contribution in [0.3, 0.4) is 0 Å². The molecule has 1 amide bonds. The van der Waals surface area contributed by atoms with E-state index < -0.39 is 0 Å². The molecule has 3 aromatic heterocycles. The van der Waals surface area contributed by atoms with Gasteiger partial charge in [-0.05, 0) is 37.1 Å². The Balaban J connectivity index is 1.34. The molecule has 178 valence electrons. The number of anilines is 2. The van der Waals surface area contributed by atoms with Gasteiger partial charge in [0, 0.05) is 29.4 Å². The first-order chi connectivity index (χ1) is 17.7. The van der Waals surface area contributed by atoms with E-state index >= 15 is 0 Å². The molecule has 0 atom stereocenters. The van der Waals surface area contributed by atoms with Crippen molar-refractivity contribution in [2.75, 3.05) is 10.6 Å². The molecule has 0 bridgehead atoms. The van der Waals surface area contributed by atoms with Crippen LogP contribution in [0.4, 0.5) is 11.5 Å². The summed E-state index contributed by atoms with van der Waals surface area (Å²) in [6, 6.07) is 23.3. The van der Waals surface area contributed by atoms with Crippen LogP contribution in [0.1, 0.15) is 36.2 Å². The van der Waals surface area contributed by atoms with Crippen LogP contribution in [0.15, 0.2) is 79.0 Å². The fraction of sp³-hybridized carbons (Fsp3) is 0.179. The lowest BCUT2D eigenvalue weighted by Crippen LogP contribution is -2.19. The smallest absolute Gasteiger partial charge is 0.274 e. The number of hydrogen-bond donors (Lipinski definition) is 2. The fourth-order valence-electron chi connectivity index (χ4n) is 4.48. The van der Waals surface area contributed by atoms with E-state index in [4.69, 9.17) is 9.97 Å². The van der Waals surface area contributed by atoms with E-state index in [0.717, 1.165) is 39.3 Å². The fourth-order valence-corrected chi connectivity index (χ4v) is 5.43. The van der Waals surface area contributed by atoms with Gasteiger partial charge < -0.3 is 10.6 Å². The number of nitrogens with zero attached hydrogens (tertiary/aromatic N) is 4. The number of carbonyl (C=O) groups is 1. The number of rotatable bonds is 6. The molecular formula is C28H24N6OS. The molecule has 0 unspecified atom stereocenters. The summed E-state index contributed by atoms with van der Waals surface area (Å²) < 4.78 is 0. The van der Waals surface area contributed by atoms with Gasteiger partial charge in [-0.3, -0.25) is 4.79 Å². The van der Waals surface area contributed by atoms with Crippen molar-refractivity contribution in [3.05, 3.63) is 84.7 Å². The number of fused-ring (bicyclic) bond motifs is 1. The number of amides is 1. The second-order valence-electron chi connectivity index (χ2n) is 8.80. The third-order valence-corrected chi connectivity index (χ3v) is 7.28. The van der Waals surface area contributed by atoms with Gasteiger partial charge in [-0.1, -0.05) is 66.6 Å². The standard InChI is InChI=1S/C28H24N6OS/c35-26(32-21-14-7-6-13-20(21)27-33-22-15-8-16-29-28(22)36-27)23-17-24(30-19-11-4-5-12-19)34-25(31-23)18-9-2-1-3-10-18/h1-3,6-10,13-17,19H,4-5,11-12H2,(H,32,35)(H,30,31,34). The second kappa shape index (κ2) is 9.83. The highest BCUT2D eigenvalue weighted by atomic mass is 32.1. The van der Waals surface area contributed by atoms with Gasteiger partial charge in [0.25, 0.3) is 5.91 Å². The molecule has 1 aliphatic rings. The number of aromatic nitrogens is 4. The van der Waals surface area contributed by atoms with Crippen molar-refractivity contribution in [3.63, 3.8) is 0 Å². The second-order valence-corrected chi connectivity index (χ2v) is 9.78. The summed E-state index contributed by atoms with van der Waals surface area (Å²) in [4.78, 5) is 32.8. The molecule has 1 aliphatic carbocycles. The zero-order valence-corrected chi connectivity index (χ0v) is 20.3. The molecule has 0 spiro atoms. The maximum Gasteiger partial charge on any atom is 0.274 e. The maximum absolute atomic E-state index is 13.5. The molecule has 6 rings (SSSR count). The Morgan fingerprint density at radius 2 is 1.69 bits per heavy atom. The Morgan fingerprint density at radius 1 is 0.889 bits per heavy atom. The molecular weight excluding hydrogens is 468 g/mol. The average molecular weight is 493 g/mol. The Labute approximate surface area is 212 Å². The van der Waals surface area contributed by atoms with Gasteiger partial charge in [-0.15, -0.1) is 0 Å². The average Bonchev–Trinajstić information content (AvgIpc) is 3.59. The summed E-state index contributed by atoms with van der Waals surface area (Å²) in [6.45, 7) is 0. The van der Waals surface area contributed by atoms with Crippen molar-refractivity contribution >= 4 is 39.1 Å². The van der Waals surface area contributed by atoms with Gasteiger partial charge in [0.15, 0.2) is 5.82 Å². The summed E-state index contributed by atoms with van der Waals surface area (Å²) in [5.41, 5.74) is 3.53. The van der Waals surface area contributed by atoms with Crippen molar-refractivity contribution in [1.29, 1.82) is 0 Å². The van der Waals surface area contributed by atoms with Gasteiger partial charge in [0.1, 0.15) is 26.9 Å². The van der Waals surface area contributed by atoms with Crippen molar-refractivity contribution in [1.82, 2.24) is 19.9 Å². The van der Waals surface area contributed by atoms with E-state index in [1.807, 2.05) is 66.7 Å². The molecule has 2 aromatic carbocycles. The minimum atomic E-state index is -0.296. The molecule has 2 N–H and O–H groups in total. The first kappa shape index (κ1) is 22.3. The third-order valence-electron chi connectivity index (χ3n) is 6.27. The number of benzene rings is 2. The molecule has 7 nitrogen and oxygen atoms in total. The molecule has 0 aliphatic heterocycles. The van der Waals surface area contributed by atoms with Crippen molar-refractivity contribution < 1.29 is 4.79 Å². The van der Waals surface area contributed by atoms with Crippen molar-refractivity contribution in [3.8, 4) is 22.0 Å². The first-order valence-corrected chi connectivity index (χ1v) is 12.9. The van der Waals surface area contributed by atoms with E-state index in [1.165, 1.54) is 24.2 Å². The predicted molar refractivity (Wildman–Crippen MR) is 144 cm³/mol. The van der Waals surface area contributed by atoms with Gasteiger partial charge >= 0.3 is 0 Å². The van der Waals surface area contributed by atoms with E-state index in [2.05, 4.69) is 20.6 Å². The lowest BCUT2D eigenvalue weighted by molar-refractivity contribution is 0.102. The Bertz CT molecular complexity index is 1490. The highest BCUT2D eigenvalue weighted by molar-refractivity contribution is 7.21. The lowest BCUT2D eigenvalue weighted by Gasteiger charge is -2.15. The van der Waals surface area contributed by atoms with E-state index in [9.17, 15) is 4.79 Å². The highest BCUT2D eigenvalue weighted by Gasteiger charge is 2.19. The summed E-state index contributed by atoms with van der Waals surface area (Å²) in [7, 11) is 0. The SMILES string of the molecule is O=C(Nc1ccccc1-c1nc2cccnc2s1)c1cc(NC2CCCC2)nc(-c2ccccc2)n1. The topological polar surface area (TPSA) is 92.7 Å². The van der Waals surface area contributed by atoms with Crippen molar-refractivity contribution in [2.24, 2.45) is 0 Å². The molecule has 1 fully saturated rings. The zero-order valence-electron chi connectivity index (χ0n) is 19.5. The summed E-state index contributed by atoms with van der Waals surface area (Å²) in [6.07, 6.45) is 6.39. The van der Waals surface area contributed by atoms with E-state index in [-0.39, 0.29) is 5.91 Å². The maximum atomic E-state index is 13.5. The third kappa shape index (κ3) is 4.67. The van der Waals surface area contributed by atoms with Crippen LogP contribution >= 0.6 is 11.3 Å². The Hall–Kier alpha value is -4.17. The molecule has 1 saturated carbocycles. The van der Waals surface area contributed by atoms with Crippen LogP contribution < -0.4 is 10.6 Å². The molecule has 0 radical (unpaired) electrons. The van der Waals surface area contributed by atoms with Crippen molar-refractivity contribution in [2.45, 2.75) is 31.7 Å². The normalized spacial score (nSPS) is 13.7. The number of pyridine rings is 1. The number of nitrogens with one attached hydrogen (secondary N) is 2. The minimum Gasteiger partial charge on any atom is -0.367 e. The molecule has 3 heterocycles. The van der Waals surface area contributed by atoms with Gasteiger partial charge in [0.05, 0.1) is 5.69 Å². The highest BCUT2D eigenvalue weighted by Crippen LogP contribution is 2.34. The van der Waals surface area contributed by atoms with Crippen LogP contribution in [0.25, 0.3) is 32.3 Å². The monoisotopic (exact) mass is 492 g/mol. The largest absolute Gasteiger partial charge is 0.367 e. The summed E-state index contributed by atoms with van der Waals surface area (Å²) >= 11 is 1.50. The van der Waals surface area contributed by atoms with Gasteiger partial charge in [0.2, 0.25) is 0 Å². The van der Waals surface area contributed by atoms with Crippen LogP contribution in [-0.2, 0) is 0 Å². The minimum absolute atomic E-state index is 0.296. The summed E-state index contributed by atoms with van der Waals surface area (Å²) in [5, 5.41) is 7.38. The number of para-hydroxylation sites is 1. The number of hydrogen-bond acceptors (Lipinski definition) is 7. The summed E-state index contributed by atoms with van der Waals surface area (Å²) in [5.74, 6) is 0.899. The van der Waals surface area contributed by atoms with Crippen LogP contribution in [0.2, 0.25) is 0 Å². The first-order valence-electron chi connectivity index (χ1n) is 12.1. The number of carbonyl (C=O) groups excluding carboxylic acids is 1. The Kier molecular flexibility index (Phi) is 6.09.